The summed E-state index contributed by atoms with van der Waals surface area (Å²) in [5, 5.41) is 23.3. The largest absolute Gasteiger partial charge is 0.462 e. The normalized spacial score (nSPS) is 52.1. The summed E-state index contributed by atoms with van der Waals surface area (Å²) in [5.41, 5.74) is -5.30. The third kappa shape index (κ3) is 3.79. The van der Waals surface area contributed by atoms with Crippen LogP contribution in [-0.2, 0) is 38.1 Å². The lowest BCUT2D eigenvalue weighted by Crippen LogP contribution is -2.65. The highest BCUT2D eigenvalue weighted by atomic mass is 16.7. The Balaban J connectivity index is 1.37. The zero-order valence-electron chi connectivity index (χ0n) is 25.5. The van der Waals surface area contributed by atoms with Crippen molar-refractivity contribution in [2.75, 3.05) is 0 Å². The van der Waals surface area contributed by atoms with E-state index in [0.29, 0.717) is 25.7 Å². The van der Waals surface area contributed by atoms with Gasteiger partial charge in [-0.25, -0.2) is 0 Å². The van der Waals surface area contributed by atoms with Crippen LogP contribution in [0, 0.1) is 40.4 Å². The van der Waals surface area contributed by atoms with Gasteiger partial charge in [-0.3, -0.25) is 19.2 Å². The van der Waals surface area contributed by atoms with E-state index >= 15 is 0 Å². The quantitative estimate of drug-likeness (QED) is 0.285. The van der Waals surface area contributed by atoms with Gasteiger partial charge in [-0.05, 0) is 88.7 Å². The molecule has 0 amide bonds. The summed E-state index contributed by atoms with van der Waals surface area (Å²) < 4.78 is 23.7. The number of ketones is 1. The molecule has 42 heavy (non-hydrogen) atoms. The molecule has 0 aromatic heterocycles. The summed E-state index contributed by atoms with van der Waals surface area (Å²) in [6.45, 7) is 11.6. The van der Waals surface area contributed by atoms with E-state index in [0.717, 1.165) is 0 Å². The van der Waals surface area contributed by atoms with Crippen LogP contribution in [0.3, 0.4) is 0 Å². The smallest absolute Gasteiger partial charge is 0.311 e. The second-order valence-electron chi connectivity index (χ2n) is 14.8. The zero-order chi connectivity index (χ0) is 30.8. The van der Waals surface area contributed by atoms with Gasteiger partial charge in [0.05, 0.1) is 23.0 Å². The Morgan fingerprint density at radius 2 is 1.74 bits per heavy atom. The van der Waals surface area contributed by atoms with E-state index in [9.17, 15) is 29.4 Å². The molecule has 2 aliphatic heterocycles. The molecule has 14 unspecified atom stereocenters. The lowest BCUT2D eigenvalue weighted by Gasteiger charge is -2.59. The van der Waals surface area contributed by atoms with Gasteiger partial charge in [0.25, 0.3) is 0 Å². The van der Waals surface area contributed by atoms with Gasteiger partial charge in [-0.15, -0.1) is 0 Å². The first-order valence-electron chi connectivity index (χ1n) is 15.3. The minimum atomic E-state index is -1.61. The average molecular weight is 589 g/mol. The number of fused-ring (bicyclic) bond motifs is 4. The number of carbonyl (C=O) groups excluding carboxylic acids is 4. The van der Waals surface area contributed by atoms with Crippen LogP contribution < -0.4 is 0 Å². The number of hydrogen-bond acceptors (Lipinski definition) is 10. The summed E-state index contributed by atoms with van der Waals surface area (Å²) in [7, 11) is 0. The van der Waals surface area contributed by atoms with E-state index in [1.165, 1.54) is 19.9 Å². The number of rotatable bonds is 4. The second kappa shape index (κ2) is 9.11. The first-order chi connectivity index (χ1) is 19.4. The highest BCUT2D eigenvalue weighted by molar-refractivity contribution is 5.98. The third-order valence-electron chi connectivity index (χ3n) is 12.6. The molecule has 1 spiro atoms. The van der Waals surface area contributed by atoms with Crippen molar-refractivity contribution in [3.63, 3.8) is 0 Å². The van der Waals surface area contributed by atoms with Gasteiger partial charge in [-0.1, -0.05) is 6.92 Å². The molecular formula is C32H44O10. The maximum Gasteiger partial charge on any atom is 0.311 e. The van der Waals surface area contributed by atoms with Crippen LogP contribution in [0.2, 0.25) is 0 Å². The van der Waals surface area contributed by atoms with E-state index < -0.39 is 75.7 Å². The monoisotopic (exact) mass is 588 g/mol. The molecule has 4 aliphatic carbocycles. The Kier molecular flexibility index (Phi) is 6.46. The highest BCUT2D eigenvalue weighted by Gasteiger charge is 2.82. The summed E-state index contributed by atoms with van der Waals surface area (Å²) >= 11 is 0. The van der Waals surface area contributed by atoms with Crippen LogP contribution >= 0.6 is 0 Å². The Labute approximate surface area is 246 Å². The molecule has 2 N–H and O–H groups in total. The van der Waals surface area contributed by atoms with Crippen LogP contribution in [0.15, 0.2) is 12.2 Å². The number of epoxide rings is 1. The van der Waals surface area contributed by atoms with E-state index in [-0.39, 0.29) is 36.1 Å². The van der Waals surface area contributed by atoms with E-state index in [4.69, 9.17) is 18.9 Å². The number of aliphatic hydroxyl groups is 2. The summed E-state index contributed by atoms with van der Waals surface area (Å²) in [5.74, 6) is -2.89. The molecule has 10 heteroatoms. The van der Waals surface area contributed by atoms with Crippen LogP contribution in [0.4, 0.5) is 0 Å². The molecule has 14 atom stereocenters. The zero-order valence-corrected chi connectivity index (χ0v) is 25.5. The molecule has 3 saturated carbocycles. The lowest BCUT2D eigenvalue weighted by atomic mass is 9.44. The third-order valence-corrected chi connectivity index (χ3v) is 12.6. The van der Waals surface area contributed by atoms with Crippen molar-refractivity contribution in [1.29, 1.82) is 0 Å². The molecule has 0 aromatic carbocycles. The van der Waals surface area contributed by atoms with Gasteiger partial charge in [0, 0.05) is 26.2 Å². The van der Waals surface area contributed by atoms with Crippen molar-refractivity contribution >= 4 is 23.7 Å². The van der Waals surface area contributed by atoms with Crippen molar-refractivity contribution < 1.29 is 48.3 Å². The molecule has 232 valence electrons. The van der Waals surface area contributed by atoms with Crippen LogP contribution in [-0.4, -0.2) is 75.1 Å². The Morgan fingerprint density at radius 1 is 1.07 bits per heavy atom. The molecular weight excluding hydrogens is 544 g/mol. The van der Waals surface area contributed by atoms with Gasteiger partial charge in [-0.2, -0.15) is 0 Å². The molecule has 5 fully saturated rings. The van der Waals surface area contributed by atoms with Crippen LogP contribution in [0.5, 0.6) is 0 Å². The Morgan fingerprint density at radius 3 is 2.36 bits per heavy atom. The maximum absolute atomic E-state index is 13.7. The number of carbonyl (C=O) groups is 4. The number of ether oxygens (including phenoxy) is 4. The number of esters is 3. The average Bonchev–Trinajstić information content (AvgIpc) is 3.52. The van der Waals surface area contributed by atoms with Crippen molar-refractivity contribution in [2.24, 2.45) is 40.4 Å². The van der Waals surface area contributed by atoms with Gasteiger partial charge >= 0.3 is 17.9 Å². The minimum absolute atomic E-state index is 0.0266. The van der Waals surface area contributed by atoms with Crippen molar-refractivity contribution in [1.82, 2.24) is 0 Å². The first-order valence-corrected chi connectivity index (χ1v) is 15.3. The molecule has 0 aromatic rings. The molecule has 0 bridgehead atoms. The highest BCUT2D eigenvalue weighted by Crippen LogP contribution is 2.74. The SMILES string of the molecule is CC(=O)OC1CC2C3CC4OC45C(OC(C)=O)C=CC(=O)C5(C)C3CCC2(C)C1C(C)(O)C1CC(C)(O)C(C)C(=O)O1. The molecule has 6 rings (SSSR count). The lowest BCUT2D eigenvalue weighted by molar-refractivity contribution is -0.228. The predicted molar refractivity (Wildman–Crippen MR) is 146 cm³/mol. The maximum atomic E-state index is 13.7. The van der Waals surface area contributed by atoms with Gasteiger partial charge in [0.15, 0.2) is 11.9 Å². The van der Waals surface area contributed by atoms with Crippen molar-refractivity contribution in [2.45, 2.75) is 122 Å². The standard InChI is InChI=1S/C32H44O10/c1-15-27(36)41-25(14-29(15,5)37)31(7,38)26-21(39-16(2)33)13-20-18-12-24-32(42-24)23(40-17(3)34)9-8-22(35)30(32,6)19(18)10-11-28(20,26)4/h8-9,15,18-21,23-26,37-38H,10-14H2,1-7H3. The summed E-state index contributed by atoms with van der Waals surface area (Å²) in [6, 6.07) is 0. The topological polar surface area (TPSA) is 149 Å². The molecule has 6 aliphatic rings. The van der Waals surface area contributed by atoms with Crippen molar-refractivity contribution in [3.05, 3.63) is 12.2 Å². The fourth-order valence-electron chi connectivity index (χ4n) is 10.4. The van der Waals surface area contributed by atoms with E-state index in [1.807, 2.05) is 6.92 Å². The van der Waals surface area contributed by atoms with Gasteiger partial charge in [0.1, 0.15) is 23.4 Å². The van der Waals surface area contributed by atoms with Gasteiger partial charge < -0.3 is 29.2 Å². The minimum Gasteiger partial charge on any atom is -0.462 e. The molecule has 2 saturated heterocycles. The first kappa shape index (κ1) is 29.8. The van der Waals surface area contributed by atoms with Crippen LogP contribution in [0.1, 0.15) is 80.6 Å². The van der Waals surface area contributed by atoms with Crippen LogP contribution in [0.25, 0.3) is 0 Å². The number of allylic oxidation sites excluding steroid dienone is 1. The summed E-state index contributed by atoms with van der Waals surface area (Å²) in [4.78, 5) is 50.8. The fraction of sp³-hybridized carbons (Fsp3) is 0.812. The summed E-state index contributed by atoms with van der Waals surface area (Å²) in [6.07, 6.45) is 3.12. The Hall–Kier alpha value is -2.30. The predicted octanol–water partition coefficient (Wildman–Crippen LogP) is 2.66. The second-order valence-corrected chi connectivity index (χ2v) is 14.8. The molecule has 2 heterocycles. The van der Waals surface area contributed by atoms with E-state index in [2.05, 4.69) is 6.92 Å². The number of cyclic esters (lactones) is 1. The van der Waals surface area contributed by atoms with Crippen molar-refractivity contribution in [3.8, 4) is 0 Å². The van der Waals surface area contributed by atoms with Gasteiger partial charge in [0.2, 0.25) is 0 Å². The Bertz CT molecular complexity index is 1250. The molecule has 10 nitrogen and oxygen atoms in total. The number of hydrogen-bond donors (Lipinski definition) is 2. The fourth-order valence-corrected chi connectivity index (χ4v) is 10.4. The molecule has 0 radical (unpaired) electrons. The van der Waals surface area contributed by atoms with E-state index in [1.54, 1.807) is 26.8 Å².